The third-order valence-electron chi connectivity index (χ3n) is 5.94. The maximum Gasteiger partial charge on any atom is 0.340 e. The minimum absolute atomic E-state index is 0.402. The lowest BCUT2D eigenvalue weighted by Crippen LogP contribution is -2.08. The lowest BCUT2D eigenvalue weighted by molar-refractivity contribution is 0.0600. The predicted molar refractivity (Wildman–Crippen MR) is 135 cm³/mol. The Kier molecular flexibility index (Phi) is 5.91. The first-order valence-electron chi connectivity index (χ1n) is 11.2. The SMILES string of the molecule is CCCc1nc2c(C)ccnc2n1Cc1ccc2nn(-c3ccccc3C(=O)OC)c(Br)c2c1. The summed E-state index contributed by atoms with van der Waals surface area (Å²) < 4.78 is 9.67. The first-order chi connectivity index (χ1) is 16.5. The van der Waals surface area contributed by atoms with Crippen LogP contribution in [-0.2, 0) is 17.7 Å². The first-order valence-corrected chi connectivity index (χ1v) is 12.0. The van der Waals surface area contributed by atoms with E-state index in [4.69, 9.17) is 14.8 Å². The van der Waals surface area contributed by atoms with Gasteiger partial charge in [0.1, 0.15) is 15.9 Å². The number of pyridine rings is 1. The van der Waals surface area contributed by atoms with Gasteiger partial charge in [0.2, 0.25) is 0 Å². The Labute approximate surface area is 205 Å². The van der Waals surface area contributed by atoms with E-state index in [2.05, 4.69) is 51.5 Å². The normalized spacial score (nSPS) is 11.4. The van der Waals surface area contributed by atoms with E-state index < -0.39 is 5.97 Å². The number of carbonyl (C=O) groups excluding carboxylic acids is 1. The fourth-order valence-electron chi connectivity index (χ4n) is 4.25. The van der Waals surface area contributed by atoms with Crippen molar-refractivity contribution in [2.75, 3.05) is 7.11 Å². The van der Waals surface area contributed by atoms with E-state index in [1.54, 1.807) is 10.7 Å². The summed E-state index contributed by atoms with van der Waals surface area (Å²) in [5, 5.41) is 5.70. The lowest BCUT2D eigenvalue weighted by atomic mass is 10.1. The molecule has 5 rings (SSSR count). The highest BCUT2D eigenvalue weighted by molar-refractivity contribution is 9.10. The van der Waals surface area contributed by atoms with Gasteiger partial charge in [0, 0.05) is 18.0 Å². The van der Waals surface area contributed by atoms with Crippen LogP contribution in [0.25, 0.3) is 27.8 Å². The number of para-hydroxylation sites is 1. The van der Waals surface area contributed by atoms with Crippen molar-refractivity contribution in [1.82, 2.24) is 24.3 Å². The molecule has 0 fully saturated rings. The van der Waals surface area contributed by atoms with E-state index in [9.17, 15) is 4.79 Å². The van der Waals surface area contributed by atoms with Crippen LogP contribution in [0.1, 0.15) is 40.7 Å². The highest BCUT2D eigenvalue weighted by Crippen LogP contribution is 2.30. The average Bonchev–Trinajstić information content (AvgIpc) is 3.37. The number of esters is 1. The minimum Gasteiger partial charge on any atom is -0.465 e. The molecule has 0 aliphatic heterocycles. The van der Waals surface area contributed by atoms with E-state index in [1.807, 2.05) is 36.5 Å². The molecule has 0 spiro atoms. The number of rotatable bonds is 6. The zero-order valence-corrected chi connectivity index (χ0v) is 20.8. The van der Waals surface area contributed by atoms with Crippen molar-refractivity contribution in [3.05, 3.63) is 81.8 Å². The van der Waals surface area contributed by atoms with Crippen molar-refractivity contribution in [2.24, 2.45) is 0 Å². The van der Waals surface area contributed by atoms with E-state index in [0.29, 0.717) is 17.8 Å². The van der Waals surface area contributed by atoms with Gasteiger partial charge in [0.05, 0.1) is 30.4 Å². The summed E-state index contributed by atoms with van der Waals surface area (Å²) in [6, 6.07) is 15.5. The Morgan fingerprint density at radius 2 is 1.97 bits per heavy atom. The largest absolute Gasteiger partial charge is 0.465 e. The highest BCUT2D eigenvalue weighted by atomic mass is 79.9. The molecule has 7 nitrogen and oxygen atoms in total. The zero-order valence-electron chi connectivity index (χ0n) is 19.2. The number of ether oxygens (including phenoxy) is 1. The number of halogens is 1. The van der Waals surface area contributed by atoms with Crippen LogP contribution in [0.2, 0.25) is 0 Å². The van der Waals surface area contributed by atoms with Gasteiger partial charge in [-0.3, -0.25) is 0 Å². The summed E-state index contributed by atoms with van der Waals surface area (Å²) in [4.78, 5) is 21.8. The molecule has 0 aliphatic carbocycles. The molecule has 0 radical (unpaired) electrons. The maximum absolute atomic E-state index is 12.3. The Bertz CT molecular complexity index is 1540. The molecule has 34 heavy (non-hydrogen) atoms. The topological polar surface area (TPSA) is 74.8 Å². The number of hydrogen-bond donors (Lipinski definition) is 0. The van der Waals surface area contributed by atoms with Crippen LogP contribution >= 0.6 is 15.9 Å². The van der Waals surface area contributed by atoms with Gasteiger partial charge < -0.3 is 9.30 Å². The first kappa shape index (κ1) is 22.3. The second kappa shape index (κ2) is 9.02. The second-order valence-corrected chi connectivity index (χ2v) is 8.98. The molecule has 3 heterocycles. The molecule has 0 aliphatic rings. The molecule has 5 aromatic rings. The lowest BCUT2D eigenvalue weighted by Gasteiger charge is -2.09. The number of nitrogens with zero attached hydrogens (tertiary/aromatic N) is 5. The van der Waals surface area contributed by atoms with Crippen LogP contribution < -0.4 is 0 Å². The number of aryl methyl sites for hydroxylation is 2. The molecule has 0 atom stereocenters. The van der Waals surface area contributed by atoms with Crippen LogP contribution in [0.4, 0.5) is 0 Å². The summed E-state index contributed by atoms with van der Waals surface area (Å²) in [7, 11) is 1.38. The van der Waals surface area contributed by atoms with E-state index >= 15 is 0 Å². The van der Waals surface area contributed by atoms with Gasteiger partial charge in [0.25, 0.3) is 0 Å². The van der Waals surface area contributed by atoms with Crippen LogP contribution in [0.15, 0.2) is 59.3 Å². The molecule has 172 valence electrons. The fraction of sp³-hybridized carbons (Fsp3) is 0.231. The number of benzene rings is 2. The number of fused-ring (bicyclic) bond motifs is 2. The average molecular weight is 518 g/mol. The molecule has 0 saturated heterocycles. The molecule has 0 N–H and O–H groups in total. The van der Waals surface area contributed by atoms with Gasteiger partial charge in [-0.25, -0.2) is 19.4 Å². The number of carbonyl (C=O) groups is 1. The van der Waals surface area contributed by atoms with Gasteiger partial charge in [-0.05, 0) is 70.7 Å². The maximum atomic E-state index is 12.3. The van der Waals surface area contributed by atoms with E-state index in [0.717, 1.165) is 56.5 Å². The van der Waals surface area contributed by atoms with Crippen LogP contribution in [0.5, 0.6) is 0 Å². The zero-order chi connectivity index (χ0) is 23.8. The van der Waals surface area contributed by atoms with Crippen LogP contribution in [0, 0.1) is 6.92 Å². The van der Waals surface area contributed by atoms with Gasteiger partial charge in [-0.2, -0.15) is 5.10 Å². The molecular formula is C26H24BrN5O2. The molecule has 0 amide bonds. The molecule has 2 aromatic carbocycles. The molecular weight excluding hydrogens is 494 g/mol. The van der Waals surface area contributed by atoms with E-state index in [1.165, 1.54) is 7.11 Å². The van der Waals surface area contributed by atoms with Crippen molar-refractivity contribution in [3.8, 4) is 5.69 Å². The quantitative estimate of drug-likeness (QED) is 0.273. The summed E-state index contributed by atoms with van der Waals surface area (Å²) >= 11 is 3.71. The number of imidazole rings is 1. The van der Waals surface area contributed by atoms with E-state index in [-0.39, 0.29) is 0 Å². The summed E-state index contributed by atoms with van der Waals surface area (Å²) in [5.41, 5.74) is 6.05. The van der Waals surface area contributed by atoms with Crippen molar-refractivity contribution < 1.29 is 9.53 Å². The Morgan fingerprint density at radius 3 is 2.76 bits per heavy atom. The van der Waals surface area contributed by atoms with Crippen molar-refractivity contribution >= 4 is 44.0 Å². The summed E-state index contributed by atoms with van der Waals surface area (Å²) in [6.07, 6.45) is 3.75. The summed E-state index contributed by atoms with van der Waals surface area (Å²) in [6.45, 7) is 4.89. The van der Waals surface area contributed by atoms with Gasteiger partial charge in [-0.15, -0.1) is 0 Å². The van der Waals surface area contributed by atoms with Crippen molar-refractivity contribution in [3.63, 3.8) is 0 Å². The number of aromatic nitrogens is 5. The monoisotopic (exact) mass is 517 g/mol. The Balaban J connectivity index is 1.59. The molecule has 8 heteroatoms. The molecule has 0 unspecified atom stereocenters. The minimum atomic E-state index is -0.402. The Hall–Kier alpha value is -3.52. The van der Waals surface area contributed by atoms with Gasteiger partial charge >= 0.3 is 5.97 Å². The molecule has 3 aromatic heterocycles. The fourth-order valence-corrected chi connectivity index (χ4v) is 4.83. The van der Waals surface area contributed by atoms with Crippen molar-refractivity contribution in [2.45, 2.75) is 33.2 Å². The number of methoxy groups -OCH3 is 1. The van der Waals surface area contributed by atoms with Crippen LogP contribution in [-0.4, -0.2) is 37.4 Å². The highest BCUT2D eigenvalue weighted by Gasteiger charge is 2.19. The van der Waals surface area contributed by atoms with Gasteiger partial charge in [-0.1, -0.05) is 25.1 Å². The summed E-state index contributed by atoms with van der Waals surface area (Å²) in [5.74, 6) is 0.641. The standard InChI is InChI=1S/C26H24BrN5O2/c1-4-7-22-29-23-16(2)12-13-28-25(23)31(22)15-17-10-11-20-19(14-17)24(27)32(30-20)21-9-6-5-8-18(21)26(33)34-3/h5-6,8-14H,4,7,15H2,1-3H3. The van der Waals surface area contributed by atoms with Gasteiger partial charge in [0.15, 0.2) is 5.65 Å². The molecule has 0 saturated carbocycles. The molecule has 0 bridgehead atoms. The second-order valence-electron chi connectivity index (χ2n) is 8.23. The third kappa shape index (κ3) is 3.77. The van der Waals surface area contributed by atoms with Crippen LogP contribution in [0.3, 0.4) is 0 Å². The Morgan fingerprint density at radius 1 is 1.15 bits per heavy atom. The predicted octanol–water partition coefficient (Wildman–Crippen LogP) is 5.63. The number of hydrogen-bond acceptors (Lipinski definition) is 5. The van der Waals surface area contributed by atoms with Crippen molar-refractivity contribution in [1.29, 1.82) is 0 Å². The third-order valence-corrected chi connectivity index (χ3v) is 6.71. The smallest absolute Gasteiger partial charge is 0.340 e.